The number of carbonyl (C=O) groups excluding carboxylic acids is 1. The molecule has 0 saturated carbocycles. The molecule has 0 aromatic heterocycles. The van der Waals surface area contributed by atoms with Crippen molar-refractivity contribution in [3.05, 3.63) is 54.1 Å². The number of thiocarbonyl (C=S) groups is 1. The number of nitrogens with zero attached hydrogens (tertiary/aromatic N) is 1. The predicted molar refractivity (Wildman–Crippen MR) is 111 cm³/mol. The first-order valence-corrected chi connectivity index (χ1v) is 9.05. The normalized spacial score (nSPS) is 10.1. The van der Waals surface area contributed by atoms with Crippen molar-refractivity contribution in [3.8, 4) is 5.75 Å². The molecule has 0 bridgehead atoms. The minimum absolute atomic E-state index is 0.151. The molecule has 0 spiro atoms. The van der Waals surface area contributed by atoms with E-state index in [0.717, 1.165) is 12.1 Å². The van der Waals surface area contributed by atoms with Gasteiger partial charge in [-0.1, -0.05) is 31.2 Å². The zero-order valence-corrected chi connectivity index (χ0v) is 16.2. The molecule has 2 rings (SSSR count). The van der Waals surface area contributed by atoms with E-state index in [9.17, 15) is 4.79 Å². The van der Waals surface area contributed by atoms with Crippen LogP contribution in [0, 0.1) is 0 Å². The number of para-hydroxylation sites is 2. The number of amides is 1. The minimum atomic E-state index is -0.151. The number of nitrogens with one attached hydrogen (secondary N) is 2. The zero-order valence-electron chi connectivity index (χ0n) is 15.4. The quantitative estimate of drug-likeness (QED) is 0.723. The number of carbonyl (C=O) groups is 1. The van der Waals surface area contributed by atoms with Gasteiger partial charge in [0.25, 0.3) is 0 Å². The summed E-state index contributed by atoms with van der Waals surface area (Å²) in [7, 11) is 1.58. The highest BCUT2D eigenvalue weighted by atomic mass is 32.1. The molecule has 2 aromatic rings. The van der Waals surface area contributed by atoms with Gasteiger partial charge in [0.1, 0.15) is 5.75 Å². The van der Waals surface area contributed by atoms with Crippen molar-refractivity contribution in [3.63, 3.8) is 0 Å². The third-order valence-corrected chi connectivity index (χ3v) is 4.36. The maximum atomic E-state index is 12.4. The molecule has 1 amide bonds. The van der Waals surface area contributed by atoms with Crippen LogP contribution in [0.4, 0.5) is 11.4 Å². The fourth-order valence-electron chi connectivity index (χ4n) is 2.46. The third-order valence-electron chi connectivity index (χ3n) is 4.00. The SMILES string of the molecule is CCc1ccc(NC(=S)N(CC)CC(=O)Nc2ccccc2OC)cc1. The summed E-state index contributed by atoms with van der Waals surface area (Å²) in [5, 5.41) is 6.58. The predicted octanol–water partition coefficient (Wildman–Crippen LogP) is 3.92. The lowest BCUT2D eigenvalue weighted by atomic mass is 10.1. The van der Waals surface area contributed by atoms with E-state index in [-0.39, 0.29) is 12.5 Å². The van der Waals surface area contributed by atoms with Gasteiger partial charge in [0.15, 0.2) is 5.11 Å². The molecule has 0 aliphatic rings. The van der Waals surface area contributed by atoms with Crippen molar-refractivity contribution in [2.24, 2.45) is 0 Å². The number of likely N-dealkylation sites (N-methyl/N-ethyl adjacent to an activating group) is 1. The molecule has 0 aliphatic carbocycles. The molecule has 2 aromatic carbocycles. The van der Waals surface area contributed by atoms with Crippen LogP contribution in [0.15, 0.2) is 48.5 Å². The average molecular weight is 372 g/mol. The molecule has 0 radical (unpaired) electrons. The standard InChI is InChI=1S/C20H25N3O2S/c1-4-15-10-12-16(13-11-15)21-20(26)23(5-2)14-19(24)22-17-8-6-7-9-18(17)25-3/h6-13H,4-5,14H2,1-3H3,(H,21,26)(H,22,24). The first kappa shape index (κ1) is 19.7. The third kappa shape index (κ3) is 5.46. The van der Waals surface area contributed by atoms with E-state index in [0.29, 0.717) is 23.1 Å². The molecular weight excluding hydrogens is 346 g/mol. The highest BCUT2D eigenvalue weighted by molar-refractivity contribution is 7.80. The molecule has 0 saturated heterocycles. The summed E-state index contributed by atoms with van der Waals surface area (Å²) < 4.78 is 5.26. The molecule has 0 aliphatic heterocycles. The van der Waals surface area contributed by atoms with Crippen LogP contribution in [0.1, 0.15) is 19.4 Å². The summed E-state index contributed by atoms with van der Waals surface area (Å²) in [5.74, 6) is 0.474. The number of methoxy groups -OCH3 is 1. The first-order chi connectivity index (χ1) is 12.6. The van der Waals surface area contributed by atoms with E-state index in [2.05, 4.69) is 29.7 Å². The number of anilines is 2. The number of rotatable bonds is 7. The zero-order chi connectivity index (χ0) is 18.9. The Labute approximate surface area is 160 Å². The van der Waals surface area contributed by atoms with Gasteiger partial charge < -0.3 is 20.3 Å². The van der Waals surface area contributed by atoms with E-state index in [4.69, 9.17) is 17.0 Å². The van der Waals surface area contributed by atoms with Crippen molar-refractivity contribution in [2.75, 3.05) is 30.8 Å². The van der Waals surface area contributed by atoms with Gasteiger partial charge in [0.2, 0.25) is 5.91 Å². The fraction of sp³-hybridized carbons (Fsp3) is 0.300. The van der Waals surface area contributed by atoms with Gasteiger partial charge in [0.05, 0.1) is 19.3 Å². The number of benzene rings is 2. The molecule has 0 atom stereocenters. The van der Waals surface area contributed by atoms with E-state index >= 15 is 0 Å². The summed E-state index contributed by atoms with van der Waals surface area (Å²) in [4.78, 5) is 14.2. The van der Waals surface area contributed by atoms with E-state index in [1.165, 1.54) is 5.56 Å². The molecule has 2 N–H and O–H groups in total. The Hall–Kier alpha value is -2.60. The summed E-state index contributed by atoms with van der Waals surface area (Å²) in [6.07, 6.45) is 0.995. The molecule has 0 fully saturated rings. The van der Waals surface area contributed by atoms with Crippen molar-refractivity contribution >= 4 is 34.6 Å². The fourth-order valence-corrected chi connectivity index (χ4v) is 2.78. The Kier molecular flexibility index (Phi) is 7.41. The van der Waals surface area contributed by atoms with Crippen LogP contribution in [0.25, 0.3) is 0 Å². The summed E-state index contributed by atoms with van der Waals surface area (Å²) >= 11 is 5.46. The van der Waals surface area contributed by atoms with E-state index in [1.807, 2.05) is 36.1 Å². The van der Waals surface area contributed by atoms with Crippen LogP contribution in [0.5, 0.6) is 5.75 Å². The largest absolute Gasteiger partial charge is 0.495 e. The van der Waals surface area contributed by atoms with Crippen LogP contribution in [-0.4, -0.2) is 36.1 Å². The van der Waals surface area contributed by atoms with Crippen molar-refractivity contribution in [1.82, 2.24) is 4.90 Å². The molecule has 138 valence electrons. The van der Waals surface area contributed by atoms with Gasteiger partial charge in [-0.05, 0) is 55.4 Å². The maximum Gasteiger partial charge on any atom is 0.244 e. The van der Waals surface area contributed by atoms with Gasteiger partial charge in [-0.25, -0.2) is 0 Å². The van der Waals surface area contributed by atoms with Crippen molar-refractivity contribution < 1.29 is 9.53 Å². The van der Waals surface area contributed by atoms with Gasteiger partial charge >= 0.3 is 0 Å². The second kappa shape index (κ2) is 9.77. The van der Waals surface area contributed by atoms with Gasteiger partial charge in [-0.15, -0.1) is 0 Å². The van der Waals surface area contributed by atoms with Gasteiger partial charge in [-0.2, -0.15) is 0 Å². The second-order valence-electron chi connectivity index (χ2n) is 5.74. The van der Waals surface area contributed by atoms with Crippen LogP contribution in [0.2, 0.25) is 0 Å². The Morgan fingerprint density at radius 1 is 1.08 bits per heavy atom. The number of aryl methyl sites for hydroxylation is 1. The second-order valence-corrected chi connectivity index (χ2v) is 6.13. The first-order valence-electron chi connectivity index (χ1n) is 8.65. The molecule has 0 unspecified atom stereocenters. The Morgan fingerprint density at radius 2 is 1.77 bits per heavy atom. The minimum Gasteiger partial charge on any atom is -0.495 e. The van der Waals surface area contributed by atoms with Crippen molar-refractivity contribution in [1.29, 1.82) is 0 Å². The molecule has 26 heavy (non-hydrogen) atoms. The number of ether oxygens (including phenoxy) is 1. The van der Waals surface area contributed by atoms with Gasteiger partial charge in [0, 0.05) is 12.2 Å². The van der Waals surface area contributed by atoms with Crippen LogP contribution in [0.3, 0.4) is 0 Å². The maximum absolute atomic E-state index is 12.4. The topological polar surface area (TPSA) is 53.6 Å². The molecule has 0 heterocycles. The van der Waals surface area contributed by atoms with E-state index in [1.54, 1.807) is 19.2 Å². The van der Waals surface area contributed by atoms with E-state index < -0.39 is 0 Å². The highest BCUT2D eigenvalue weighted by Crippen LogP contribution is 2.22. The smallest absolute Gasteiger partial charge is 0.244 e. The van der Waals surface area contributed by atoms with Crippen molar-refractivity contribution in [2.45, 2.75) is 20.3 Å². The van der Waals surface area contributed by atoms with Crippen LogP contribution < -0.4 is 15.4 Å². The highest BCUT2D eigenvalue weighted by Gasteiger charge is 2.14. The lowest BCUT2D eigenvalue weighted by molar-refractivity contribution is -0.116. The molecule has 5 nitrogen and oxygen atoms in total. The lowest BCUT2D eigenvalue weighted by Gasteiger charge is -2.24. The summed E-state index contributed by atoms with van der Waals surface area (Å²) in [5.41, 5.74) is 2.82. The van der Waals surface area contributed by atoms with Crippen LogP contribution >= 0.6 is 12.2 Å². The monoisotopic (exact) mass is 371 g/mol. The Balaban J connectivity index is 1.96. The Bertz CT molecular complexity index is 747. The average Bonchev–Trinajstić information content (AvgIpc) is 2.67. The number of hydrogen-bond acceptors (Lipinski definition) is 3. The summed E-state index contributed by atoms with van der Waals surface area (Å²) in [6, 6.07) is 15.4. The number of hydrogen-bond donors (Lipinski definition) is 2. The molecular formula is C20H25N3O2S. The lowest BCUT2D eigenvalue weighted by Crippen LogP contribution is -2.40. The molecule has 6 heteroatoms. The van der Waals surface area contributed by atoms with Crippen LogP contribution in [-0.2, 0) is 11.2 Å². The van der Waals surface area contributed by atoms with Gasteiger partial charge in [-0.3, -0.25) is 4.79 Å². The Morgan fingerprint density at radius 3 is 2.38 bits per heavy atom. The summed E-state index contributed by atoms with van der Waals surface area (Å²) in [6.45, 7) is 4.86.